The van der Waals surface area contributed by atoms with Crippen molar-refractivity contribution >= 4 is 40.3 Å². The van der Waals surface area contributed by atoms with Crippen molar-refractivity contribution in [2.24, 2.45) is 0 Å². The molecule has 36 heavy (non-hydrogen) atoms. The quantitative estimate of drug-likeness (QED) is 0.470. The molecular weight excluding hydrogens is 478 g/mol. The molecule has 8 nitrogen and oxygen atoms in total. The number of ether oxygens (including phenoxy) is 2. The van der Waals surface area contributed by atoms with Crippen molar-refractivity contribution in [3.63, 3.8) is 0 Å². The van der Waals surface area contributed by atoms with Gasteiger partial charge in [-0.25, -0.2) is 4.98 Å². The van der Waals surface area contributed by atoms with E-state index >= 15 is 0 Å². The van der Waals surface area contributed by atoms with Crippen molar-refractivity contribution in [2.75, 3.05) is 16.8 Å². The van der Waals surface area contributed by atoms with Gasteiger partial charge in [0.15, 0.2) is 18.0 Å². The number of carbonyl (C=O) groups excluding carboxylic acids is 3. The van der Waals surface area contributed by atoms with E-state index in [1.807, 2.05) is 37.4 Å². The molecule has 0 saturated heterocycles. The number of likely N-dealkylation sites (N-methyl/N-ethyl adjacent to an activating group) is 1. The topological polar surface area (TPSA) is 89.0 Å². The van der Waals surface area contributed by atoms with Crippen LogP contribution in [0.5, 0.6) is 11.5 Å². The minimum Gasteiger partial charge on any atom is -0.479 e. The molecule has 0 radical (unpaired) electrons. The molecule has 1 aromatic heterocycles. The molecule has 2 aliphatic rings. The third kappa shape index (κ3) is 3.93. The number of hydrogen-bond acceptors (Lipinski definition) is 7. The number of thiazole rings is 1. The van der Waals surface area contributed by atoms with Gasteiger partial charge in [-0.2, -0.15) is 0 Å². The maximum Gasteiger partial charge on any atom is 0.268 e. The van der Waals surface area contributed by atoms with E-state index in [0.717, 1.165) is 16.3 Å². The number of Topliss-reactive ketones (excluding diaryl/α,β-unsaturated/α-hetero) is 1. The second-order valence-corrected chi connectivity index (χ2v) is 10.1. The van der Waals surface area contributed by atoms with Crippen LogP contribution >= 0.6 is 11.3 Å². The zero-order chi connectivity index (χ0) is 25.7. The van der Waals surface area contributed by atoms with E-state index in [1.54, 1.807) is 50.4 Å². The van der Waals surface area contributed by atoms with E-state index in [4.69, 9.17) is 9.47 Å². The van der Waals surface area contributed by atoms with Crippen LogP contribution in [0.3, 0.4) is 0 Å². The first-order valence-corrected chi connectivity index (χ1v) is 12.8. The maximum absolute atomic E-state index is 13.7. The number of amides is 2. The van der Waals surface area contributed by atoms with Crippen molar-refractivity contribution < 1.29 is 23.9 Å². The fraction of sp³-hybridized carbons (Fsp3) is 0.333. The lowest BCUT2D eigenvalue weighted by atomic mass is 9.99. The van der Waals surface area contributed by atoms with Gasteiger partial charge in [0.25, 0.3) is 11.8 Å². The van der Waals surface area contributed by atoms with E-state index in [-0.39, 0.29) is 17.6 Å². The first-order chi connectivity index (χ1) is 17.2. The molecule has 3 atom stereocenters. The zero-order valence-electron chi connectivity index (χ0n) is 20.8. The number of benzene rings is 2. The lowest BCUT2D eigenvalue weighted by Crippen LogP contribution is -2.52. The van der Waals surface area contributed by atoms with Gasteiger partial charge in [0, 0.05) is 23.6 Å². The highest BCUT2D eigenvalue weighted by Crippen LogP contribution is 2.40. The number of carbonyl (C=O) groups is 3. The molecule has 186 valence electrons. The smallest absolute Gasteiger partial charge is 0.268 e. The minimum atomic E-state index is -0.802. The largest absolute Gasteiger partial charge is 0.479 e. The zero-order valence-corrected chi connectivity index (χ0v) is 21.6. The van der Waals surface area contributed by atoms with Crippen LogP contribution in [0, 0.1) is 6.92 Å². The van der Waals surface area contributed by atoms with E-state index in [9.17, 15) is 14.4 Å². The molecule has 3 aromatic rings. The van der Waals surface area contributed by atoms with E-state index in [2.05, 4.69) is 4.98 Å². The highest BCUT2D eigenvalue weighted by molar-refractivity contribution is 7.09. The Hall–Kier alpha value is -3.72. The Bertz CT molecular complexity index is 1380. The number of rotatable bonds is 5. The Kier molecular flexibility index (Phi) is 6.04. The van der Waals surface area contributed by atoms with Gasteiger partial charge in [-0.15, -0.1) is 11.3 Å². The molecule has 5 rings (SSSR count). The number of ketones is 1. The van der Waals surface area contributed by atoms with Crippen LogP contribution in [0.15, 0.2) is 41.8 Å². The fourth-order valence-electron chi connectivity index (χ4n) is 4.62. The van der Waals surface area contributed by atoms with Gasteiger partial charge in [-0.1, -0.05) is 6.92 Å². The minimum absolute atomic E-state index is 0.187. The third-order valence-corrected chi connectivity index (χ3v) is 7.41. The lowest BCUT2D eigenvalue weighted by molar-refractivity contribution is -0.127. The van der Waals surface area contributed by atoms with E-state index < -0.39 is 18.2 Å². The van der Waals surface area contributed by atoms with Gasteiger partial charge in [-0.3, -0.25) is 19.3 Å². The molecule has 2 aromatic carbocycles. The molecule has 3 unspecified atom stereocenters. The van der Waals surface area contributed by atoms with Gasteiger partial charge in [0.05, 0.1) is 28.1 Å². The second-order valence-electron chi connectivity index (χ2n) is 9.04. The van der Waals surface area contributed by atoms with Crippen molar-refractivity contribution in [3.05, 3.63) is 52.3 Å². The summed E-state index contributed by atoms with van der Waals surface area (Å²) in [5.41, 5.74) is 3.10. The summed E-state index contributed by atoms with van der Waals surface area (Å²) in [5, 5.41) is 2.90. The lowest BCUT2D eigenvalue weighted by Gasteiger charge is -2.37. The summed E-state index contributed by atoms with van der Waals surface area (Å²) >= 11 is 1.55. The van der Waals surface area contributed by atoms with Crippen molar-refractivity contribution in [2.45, 2.75) is 52.4 Å². The van der Waals surface area contributed by atoms with Crippen molar-refractivity contribution in [1.82, 2.24) is 4.98 Å². The average molecular weight is 506 g/mol. The summed E-state index contributed by atoms with van der Waals surface area (Å²) in [6, 6.07) is 9.81. The Morgan fingerprint density at radius 1 is 1.08 bits per heavy atom. The number of aromatic nitrogens is 1. The summed E-state index contributed by atoms with van der Waals surface area (Å²) in [4.78, 5) is 47.2. The van der Waals surface area contributed by atoms with Crippen LogP contribution in [0.2, 0.25) is 0 Å². The Balaban J connectivity index is 1.53. The number of fused-ring (bicyclic) bond motifs is 2. The number of nitrogens with zero attached hydrogens (tertiary/aromatic N) is 3. The monoisotopic (exact) mass is 505 g/mol. The number of hydrogen-bond donors (Lipinski definition) is 0. The Morgan fingerprint density at radius 3 is 2.50 bits per heavy atom. The highest BCUT2D eigenvalue weighted by Gasteiger charge is 2.39. The molecule has 0 spiro atoms. The first-order valence-electron chi connectivity index (χ1n) is 11.9. The van der Waals surface area contributed by atoms with Crippen LogP contribution in [0.1, 0.15) is 42.6 Å². The van der Waals surface area contributed by atoms with Crippen molar-refractivity contribution in [1.29, 1.82) is 0 Å². The number of aryl methyl sites for hydroxylation is 1. The standard InChI is InChI=1S/C27H27N3O5S/c1-6-22-27(33)30(21-11-17(7-9-24(21)35-22)19-13-36-16(4)28-19)14(2)25(31)18-8-10-23-20(12-18)29(5)26(32)15(3)34-23/h7-15,22H,6H2,1-5H3. The van der Waals surface area contributed by atoms with Crippen LogP contribution in [-0.4, -0.2) is 47.9 Å². The summed E-state index contributed by atoms with van der Waals surface area (Å²) in [6.07, 6.45) is -0.793. The van der Waals surface area contributed by atoms with Crippen LogP contribution < -0.4 is 19.3 Å². The molecule has 0 saturated carbocycles. The summed E-state index contributed by atoms with van der Waals surface area (Å²) < 4.78 is 11.7. The number of anilines is 2. The molecule has 2 amide bonds. The van der Waals surface area contributed by atoms with Gasteiger partial charge >= 0.3 is 0 Å². The molecule has 0 aliphatic carbocycles. The predicted octanol–water partition coefficient (Wildman–Crippen LogP) is 4.64. The summed E-state index contributed by atoms with van der Waals surface area (Å²) in [6.45, 7) is 7.22. The molecule has 9 heteroatoms. The predicted molar refractivity (Wildman–Crippen MR) is 138 cm³/mol. The van der Waals surface area contributed by atoms with Gasteiger partial charge in [0.1, 0.15) is 11.5 Å². The average Bonchev–Trinajstić information content (AvgIpc) is 3.32. The van der Waals surface area contributed by atoms with Gasteiger partial charge in [-0.05, 0) is 63.6 Å². The Labute approximate surface area is 213 Å². The van der Waals surface area contributed by atoms with Crippen LogP contribution in [0.25, 0.3) is 11.3 Å². The molecule has 3 heterocycles. The molecular formula is C27H27N3O5S. The van der Waals surface area contributed by atoms with Gasteiger partial charge in [0.2, 0.25) is 0 Å². The molecule has 0 bridgehead atoms. The first kappa shape index (κ1) is 24.0. The second kappa shape index (κ2) is 9.05. The summed E-state index contributed by atoms with van der Waals surface area (Å²) in [7, 11) is 1.66. The fourth-order valence-corrected chi connectivity index (χ4v) is 5.24. The van der Waals surface area contributed by atoms with E-state index in [0.29, 0.717) is 34.9 Å². The van der Waals surface area contributed by atoms with Crippen LogP contribution in [-0.2, 0) is 9.59 Å². The summed E-state index contributed by atoms with van der Waals surface area (Å²) in [5.74, 6) is 0.391. The van der Waals surface area contributed by atoms with Gasteiger partial charge < -0.3 is 14.4 Å². The molecule has 0 fully saturated rings. The maximum atomic E-state index is 13.7. The van der Waals surface area contributed by atoms with Crippen LogP contribution in [0.4, 0.5) is 11.4 Å². The van der Waals surface area contributed by atoms with Crippen molar-refractivity contribution in [3.8, 4) is 22.8 Å². The molecule has 2 aliphatic heterocycles. The Morgan fingerprint density at radius 2 is 1.81 bits per heavy atom. The SMILES string of the molecule is CCC1Oc2ccc(-c3csc(C)n3)cc2N(C(C)C(=O)c2ccc3c(c2)N(C)C(=O)C(C)O3)C1=O. The highest BCUT2D eigenvalue weighted by atomic mass is 32.1. The third-order valence-electron chi connectivity index (χ3n) is 6.64. The van der Waals surface area contributed by atoms with E-state index in [1.165, 1.54) is 9.80 Å². The normalized spacial score (nSPS) is 19.8. The molecule has 0 N–H and O–H groups in total.